The molecule has 4 aliphatic rings. The zero-order valence-electron chi connectivity index (χ0n) is 35.0. The van der Waals surface area contributed by atoms with Crippen LogP contribution in [-0.2, 0) is 0 Å². The van der Waals surface area contributed by atoms with Gasteiger partial charge >= 0.3 is 0 Å². The molecule has 0 spiro atoms. The Balaban J connectivity index is 0.808. The first-order valence-corrected chi connectivity index (χ1v) is 22.0. The third-order valence-electron chi connectivity index (χ3n) is 12.8. The second-order valence-corrected chi connectivity index (χ2v) is 16.8. The maximum atomic E-state index is 5.29. The fourth-order valence-electron chi connectivity index (χ4n) is 9.36. The molecule has 0 bridgehead atoms. The average Bonchev–Trinajstić information content (AvgIpc) is 3.38. The third-order valence-corrected chi connectivity index (χ3v) is 12.8. The maximum absolute atomic E-state index is 5.29. The van der Waals surface area contributed by atoms with Crippen LogP contribution in [0.25, 0.3) is 56.1 Å². The summed E-state index contributed by atoms with van der Waals surface area (Å²) in [5.41, 5.74) is 17.5. The Kier molecular flexibility index (Phi) is 9.42. The van der Waals surface area contributed by atoms with Crippen LogP contribution in [0.15, 0.2) is 218 Å². The lowest BCUT2D eigenvalue weighted by Crippen LogP contribution is -2.39. The van der Waals surface area contributed by atoms with Gasteiger partial charge in [-0.25, -0.2) is 9.97 Å². The Morgan fingerprint density at radius 1 is 0.438 bits per heavy atom. The molecule has 1 aliphatic carbocycles. The zero-order chi connectivity index (χ0) is 42.4. The molecule has 3 aliphatic heterocycles. The predicted molar refractivity (Wildman–Crippen MR) is 263 cm³/mol. The molecule has 2 aromatic heterocycles. The largest absolute Gasteiger partial charge is 0.374 e. The molecule has 6 nitrogen and oxygen atoms in total. The third kappa shape index (κ3) is 7.20. The van der Waals surface area contributed by atoms with Crippen molar-refractivity contribution in [3.63, 3.8) is 0 Å². The van der Waals surface area contributed by atoms with Crippen LogP contribution >= 0.6 is 0 Å². The van der Waals surface area contributed by atoms with Crippen molar-refractivity contribution in [3.05, 3.63) is 257 Å². The molecule has 12 rings (SSSR count). The topological polar surface area (TPSA) is 73.9 Å². The number of pyridine rings is 2. The molecule has 0 saturated heterocycles. The summed E-state index contributed by atoms with van der Waals surface area (Å²) in [7, 11) is 0. The molecule has 4 N–H and O–H groups in total. The van der Waals surface area contributed by atoms with Crippen molar-refractivity contribution >= 4 is 50.5 Å². The van der Waals surface area contributed by atoms with Crippen LogP contribution in [0.4, 0.5) is 5.69 Å². The van der Waals surface area contributed by atoms with Gasteiger partial charge in [0.1, 0.15) is 6.17 Å². The summed E-state index contributed by atoms with van der Waals surface area (Å²) >= 11 is 0. The standard InChI is InChI=1S/C58H44N6/c1-4-11-37(12-5-1)48-31-27-41-21-22-42-28-32-51(62-57(42)56(41)61-48)47-24-20-40-26-30-50(60-53(40)35-47)46-23-19-39-25-29-49(59-52(39)34-46)44-17-10-18-45(33-44)55-36-54(38-13-6-2-7-14-38)63-58(64-55)43-15-8-3-9-16-43/h1-36,48,53,55,58,60-61,63-64H. The average molecular weight is 825 g/mol. The second-order valence-electron chi connectivity index (χ2n) is 16.8. The van der Waals surface area contributed by atoms with Gasteiger partial charge in [0.25, 0.3) is 0 Å². The van der Waals surface area contributed by atoms with Crippen molar-refractivity contribution < 1.29 is 0 Å². The number of nitrogens with one attached hydrogen (secondary N) is 4. The second kappa shape index (κ2) is 16.0. The highest BCUT2D eigenvalue weighted by Gasteiger charge is 2.25. The van der Waals surface area contributed by atoms with E-state index in [2.05, 4.69) is 240 Å². The SMILES string of the molecule is C1=CC2=CC=C(c3ccc4ccc(-c5cccc(C6C=C(c7ccccc7)NC(c7ccccc7)N6)c5)nc4c3)NC2C=C1c1ccc2ccc3c(c2n1)NC(c1ccccc1)C=C3. The lowest BCUT2D eigenvalue weighted by molar-refractivity contribution is 0.443. The normalized spacial score (nSPS) is 19.8. The van der Waals surface area contributed by atoms with E-state index in [0.717, 1.165) is 78.1 Å². The smallest absolute Gasteiger partial charge is 0.104 e. The van der Waals surface area contributed by atoms with Crippen LogP contribution in [-0.4, -0.2) is 16.0 Å². The van der Waals surface area contributed by atoms with Crippen LogP contribution in [0.3, 0.4) is 0 Å². The maximum Gasteiger partial charge on any atom is 0.104 e. The van der Waals surface area contributed by atoms with Crippen LogP contribution in [0.5, 0.6) is 0 Å². The van der Waals surface area contributed by atoms with Crippen molar-refractivity contribution in [2.75, 3.05) is 5.32 Å². The van der Waals surface area contributed by atoms with Gasteiger partial charge in [-0.1, -0.05) is 176 Å². The van der Waals surface area contributed by atoms with Gasteiger partial charge in [-0.2, -0.15) is 0 Å². The number of nitrogens with zero attached hydrogens (tertiary/aromatic N) is 2. The van der Waals surface area contributed by atoms with E-state index < -0.39 is 0 Å². The summed E-state index contributed by atoms with van der Waals surface area (Å²) in [5, 5.41) is 17.4. The van der Waals surface area contributed by atoms with Gasteiger partial charge in [0.05, 0.1) is 46.2 Å². The van der Waals surface area contributed by atoms with Crippen molar-refractivity contribution in [3.8, 4) is 11.3 Å². The summed E-state index contributed by atoms with van der Waals surface area (Å²) in [5.74, 6) is 0. The highest BCUT2D eigenvalue weighted by Crippen LogP contribution is 2.38. The molecule has 0 radical (unpaired) electrons. The number of aromatic nitrogens is 2. The first kappa shape index (κ1) is 37.7. The van der Waals surface area contributed by atoms with E-state index in [1.165, 1.54) is 22.3 Å². The van der Waals surface area contributed by atoms with Gasteiger partial charge < -0.3 is 16.0 Å². The molecule has 4 unspecified atom stereocenters. The lowest BCUT2D eigenvalue weighted by atomic mass is 9.91. The number of fused-ring (bicyclic) bond motifs is 5. The molecule has 6 aromatic carbocycles. The number of rotatable bonds is 7. The van der Waals surface area contributed by atoms with Gasteiger partial charge in [-0.15, -0.1) is 0 Å². The van der Waals surface area contributed by atoms with E-state index in [1.807, 2.05) is 0 Å². The Bertz CT molecular complexity index is 3290. The van der Waals surface area contributed by atoms with Crippen molar-refractivity contribution in [2.45, 2.75) is 24.3 Å². The monoisotopic (exact) mass is 824 g/mol. The summed E-state index contributed by atoms with van der Waals surface area (Å²) < 4.78 is 0. The van der Waals surface area contributed by atoms with Crippen molar-refractivity contribution in [1.82, 2.24) is 25.9 Å². The van der Waals surface area contributed by atoms with E-state index in [9.17, 15) is 0 Å². The zero-order valence-corrected chi connectivity index (χ0v) is 35.0. The van der Waals surface area contributed by atoms with Crippen LogP contribution in [0.1, 0.15) is 57.3 Å². The molecular weight excluding hydrogens is 781 g/mol. The van der Waals surface area contributed by atoms with E-state index in [1.54, 1.807) is 0 Å². The lowest BCUT2D eigenvalue weighted by Gasteiger charge is -2.33. The number of benzene rings is 6. The molecule has 5 heterocycles. The van der Waals surface area contributed by atoms with Crippen molar-refractivity contribution in [2.24, 2.45) is 0 Å². The van der Waals surface area contributed by atoms with Gasteiger partial charge in [0, 0.05) is 27.7 Å². The van der Waals surface area contributed by atoms with Crippen LogP contribution < -0.4 is 21.3 Å². The minimum Gasteiger partial charge on any atom is -0.374 e. The van der Waals surface area contributed by atoms with Crippen LogP contribution in [0, 0.1) is 0 Å². The fourth-order valence-corrected chi connectivity index (χ4v) is 9.36. The van der Waals surface area contributed by atoms with Gasteiger partial charge in [-0.3, -0.25) is 5.32 Å². The number of allylic oxidation sites excluding steroid dienone is 4. The summed E-state index contributed by atoms with van der Waals surface area (Å²) in [6.45, 7) is 0. The molecule has 0 saturated carbocycles. The molecule has 6 heteroatoms. The summed E-state index contributed by atoms with van der Waals surface area (Å²) in [6.07, 6.45) is 17.8. The molecular formula is C58H44N6. The molecule has 8 aromatic rings. The number of anilines is 1. The quantitative estimate of drug-likeness (QED) is 0.128. The van der Waals surface area contributed by atoms with Gasteiger partial charge in [0.15, 0.2) is 0 Å². The fraction of sp³-hybridized carbons (Fsp3) is 0.0690. The van der Waals surface area contributed by atoms with E-state index in [0.29, 0.717) is 0 Å². The highest BCUT2D eigenvalue weighted by atomic mass is 15.2. The Morgan fingerprint density at radius 2 is 1.17 bits per heavy atom. The van der Waals surface area contributed by atoms with E-state index >= 15 is 0 Å². The molecule has 64 heavy (non-hydrogen) atoms. The van der Waals surface area contributed by atoms with E-state index in [4.69, 9.17) is 9.97 Å². The molecule has 306 valence electrons. The summed E-state index contributed by atoms with van der Waals surface area (Å²) in [6, 6.07) is 60.1. The number of hydrogen-bond acceptors (Lipinski definition) is 6. The van der Waals surface area contributed by atoms with Gasteiger partial charge in [-0.05, 0) is 87.0 Å². The number of hydrogen-bond donors (Lipinski definition) is 4. The number of dihydropyridines is 1. The minimum atomic E-state index is -0.0441. The first-order chi connectivity index (χ1) is 31.6. The van der Waals surface area contributed by atoms with Crippen molar-refractivity contribution in [1.29, 1.82) is 0 Å². The molecule has 0 fully saturated rings. The molecule has 0 amide bonds. The molecule has 4 atom stereocenters. The summed E-state index contributed by atoms with van der Waals surface area (Å²) in [4.78, 5) is 10.6. The first-order valence-electron chi connectivity index (χ1n) is 22.0. The Morgan fingerprint density at radius 3 is 2.03 bits per heavy atom. The van der Waals surface area contributed by atoms with E-state index in [-0.39, 0.29) is 24.3 Å². The Hall–Kier alpha value is -8.06. The minimum absolute atomic E-state index is 0.00461. The Labute approximate surface area is 372 Å². The van der Waals surface area contributed by atoms with Crippen LogP contribution in [0.2, 0.25) is 0 Å². The highest BCUT2D eigenvalue weighted by molar-refractivity contribution is 5.98. The van der Waals surface area contributed by atoms with Gasteiger partial charge in [0.2, 0.25) is 0 Å². The predicted octanol–water partition coefficient (Wildman–Crippen LogP) is 12.5.